The van der Waals surface area contributed by atoms with Crippen molar-refractivity contribution in [1.82, 2.24) is 14.1 Å². The van der Waals surface area contributed by atoms with E-state index in [2.05, 4.69) is 4.90 Å². The third-order valence-electron chi connectivity index (χ3n) is 5.40. The number of piperazine rings is 1. The molecule has 3 heterocycles. The summed E-state index contributed by atoms with van der Waals surface area (Å²) in [5, 5.41) is 0. The van der Waals surface area contributed by atoms with Gasteiger partial charge < -0.3 is 9.64 Å². The van der Waals surface area contributed by atoms with E-state index in [1.165, 1.54) is 6.26 Å². The van der Waals surface area contributed by atoms with Crippen molar-refractivity contribution in [3.63, 3.8) is 0 Å². The Morgan fingerprint density at radius 2 is 1.95 bits per heavy atom. The van der Waals surface area contributed by atoms with E-state index in [-0.39, 0.29) is 23.4 Å². The molecule has 1 aliphatic carbocycles. The van der Waals surface area contributed by atoms with E-state index in [1.807, 2.05) is 4.90 Å². The first kappa shape index (κ1) is 14.9. The summed E-state index contributed by atoms with van der Waals surface area (Å²) in [6, 6.07) is 0.107. The molecule has 0 N–H and O–H groups in total. The molecule has 4 rings (SSSR count). The summed E-state index contributed by atoms with van der Waals surface area (Å²) in [7, 11) is -3.22. The van der Waals surface area contributed by atoms with Crippen LogP contribution in [0.2, 0.25) is 0 Å². The van der Waals surface area contributed by atoms with Gasteiger partial charge in [0.2, 0.25) is 15.9 Å². The second kappa shape index (κ2) is 4.90. The quantitative estimate of drug-likeness (QED) is 0.647. The average molecular weight is 329 g/mol. The molecule has 124 valence electrons. The molecule has 3 aliphatic heterocycles. The van der Waals surface area contributed by atoms with Gasteiger partial charge in [0.05, 0.1) is 25.0 Å². The van der Waals surface area contributed by atoms with Gasteiger partial charge in [-0.3, -0.25) is 9.69 Å². The normalized spacial score (nSPS) is 32.6. The minimum atomic E-state index is -3.22. The Balaban J connectivity index is 1.54. The summed E-state index contributed by atoms with van der Waals surface area (Å²) in [6.07, 6.45) is 3.29. The Hall–Kier alpha value is -0.700. The second-order valence-corrected chi connectivity index (χ2v) is 9.15. The first-order chi connectivity index (χ1) is 10.4. The fraction of sp³-hybridized carbons (Fsp3) is 0.929. The molecule has 0 aromatic heterocycles. The zero-order chi connectivity index (χ0) is 15.5. The highest BCUT2D eigenvalue weighted by Gasteiger charge is 2.57. The highest BCUT2D eigenvalue weighted by atomic mass is 32.2. The van der Waals surface area contributed by atoms with Crippen LogP contribution < -0.4 is 0 Å². The van der Waals surface area contributed by atoms with Crippen molar-refractivity contribution >= 4 is 15.9 Å². The van der Waals surface area contributed by atoms with E-state index in [1.54, 1.807) is 4.31 Å². The van der Waals surface area contributed by atoms with Gasteiger partial charge in [-0.2, -0.15) is 4.31 Å². The Kier molecular flexibility index (Phi) is 3.31. The number of hydrogen-bond acceptors (Lipinski definition) is 5. The highest BCUT2D eigenvalue weighted by Crippen LogP contribution is 2.40. The zero-order valence-corrected chi connectivity index (χ0v) is 13.7. The topological polar surface area (TPSA) is 70.2 Å². The fourth-order valence-corrected chi connectivity index (χ4v) is 5.01. The number of ether oxygens (including phenoxy) is 1. The van der Waals surface area contributed by atoms with Crippen LogP contribution in [0.3, 0.4) is 0 Å². The average Bonchev–Trinajstić information content (AvgIpc) is 3.26. The minimum absolute atomic E-state index is 0.107. The third kappa shape index (κ3) is 2.36. The number of morpholine rings is 1. The first-order valence-corrected chi connectivity index (χ1v) is 9.82. The van der Waals surface area contributed by atoms with E-state index in [9.17, 15) is 13.2 Å². The zero-order valence-electron chi connectivity index (χ0n) is 12.9. The second-order valence-electron chi connectivity index (χ2n) is 7.17. The lowest BCUT2D eigenvalue weighted by Gasteiger charge is -2.62. The van der Waals surface area contributed by atoms with Crippen molar-refractivity contribution in [3.05, 3.63) is 0 Å². The molecule has 0 aromatic rings. The van der Waals surface area contributed by atoms with Gasteiger partial charge in [-0.1, -0.05) is 0 Å². The van der Waals surface area contributed by atoms with Crippen molar-refractivity contribution < 1.29 is 17.9 Å². The standard InChI is InChI=1S/C14H23N3O4S/c1-22(19,20)16-6-12-7-21-5-4-17(12)14(10-16)8-15(9-14)13(18)11-2-3-11/h11-12H,2-10H2,1H3. The number of nitrogens with zero attached hydrogens (tertiary/aromatic N) is 3. The molecule has 0 bridgehead atoms. The summed E-state index contributed by atoms with van der Waals surface area (Å²) in [5.41, 5.74) is -0.208. The van der Waals surface area contributed by atoms with E-state index in [4.69, 9.17) is 4.74 Å². The summed E-state index contributed by atoms with van der Waals surface area (Å²) < 4.78 is 31.1. The largest absolute Gasteiger partial charge is 0.378 e. The number of hydrogen-bond donors (Lipinski definition) is 0. The Bertz CT molecular complexity index is 583. The van der Waals surface area contributed by atoms with Crippen LogP contribution in [-0.2, 0) is 19.6 Å². The predicted molar refractivity (Wildman–Crippen MR) is 79.8 cm³/mol. The van der Waals surface area contributed by atoms with Gasteiger partial charge >= 0.3 is 0 Å². The predicted octanol–water partition coefficient (Wildman–Crippen LogP) is -1.05. The Morgan fingerprint density at radius 1 is 1.23 bits per heavy atom. The number of amides is 1. The van der Waals surface area contributed by atoms with Crippen molar-refractivity contribution in [3.8, 4) is 0 Å². The number of carbonyl (C=O) groups is 1. The molecular formula is C14H23N3O4S. The van der Waals surface area contributed by atoms with Crippen molar-refractivity contribution in [2.75, 3.05) is 52.2 Å². The fourth-order valence-electron chi connectivity index (χ4n) is 4.09. The summed E-state index contributed by atoms with van der Waals surface area (Å²) in [6.45, 7) is 4.40. The molecule has 1 saturated carbocycles. The van der Waals surface area contributed by atoms with Gasteiger partial charge in [0.25, 0.3) is 0 Å². The maximum absolute atomic E-state index is 12.2. The third-order valence-corrected chi connectivity index (χ3v) is 6.62. The highest BCUT2D eigenvalue weighted by molar-refractivity contribution is 7.88. The van der Waals surface area contributed by atoms with Gasteiger partial charge in [-0.25, -0.2) is 8.42 Å². The molecule has 1 amide bonds. The summed E-state index contributed by atoms with van der Waals surface area (Å²) in [5.74, 6) is 0.486. The van der Waals surface area contributed by atoms with Crippen LogP contribution in [0.4, 0.5) is 0 Å². The summed E-state index contributed by atoms with van der Waals surface area (Å²) in [4.78, 5) is 16.5. The Labute approximate surface area is 131 Å². The van der Waals surface area contributed by atoms with E-state index in [0.717, 1.165) is 19.4 Å². The van der Waals surface area contributed by atoms with Gasteiger partial charge in [0.15, 0.2) is 0 Å². The maximum Gasteiger partial charge on any atom is 0.225 e. The van der Waals surface area contributed by atoms with Crippen molar-refractivity contribution in [1.29, 1.82) is 0 Å². The van der Waals surface area contributed by atoms with Gasteiger partial charge in [-0.05, 0) is 12.8 Å². The lowest BCUT2D eigenvalue weighted by molar-refractivity contribution is -0.170. The summed E-state index contributed by atoms with van der Waals surface area (Å²) >= 11 is 0. The molecule has 0 aromatic carbocycles. The van der Waals surface area contributed by atoms with Crippen LogP contribution in [0.1, 0.15) is 12.8 Å². The molecule has 8 heteroatoms. The first-order valence-electron chi connectivity index (χ1n) is 7.97. The van der Waals surface area contributed by atoms with E-state index >= 15 is 0 Å². The van der Waals surface area contributed by atoms with E-state index in [0.29, 0.717) is 39.4 Å². The number of carbonyl (C=O) groups excluding carboxylic acids is 1. The number of fused-ring (bicyclic) bond motifs is 2. The van der Waals surface area contributed by atoms with Crippen LogP contribution in [-0.4, -0.2) is 92.2 Å². The van der Waals surface area contributed by atoms with Crippen LogP contribution in [0.5, 0.6) is 0 Å². The Morgan fingerprint density at radius 3 is 2.59 bits per heavy atom. The number of rotatable bonds is 2. The SMILES string of the molecule is CS(=O)(=O)N1CC2COCCN2C2(CN(C(=O)C3CC3)C2)C1. The van der Waals surface area contributed by atoms with Gasteiger partial charge in [0.1, 0.15) is 0 Å². The molecule has 1 unspecified atom stereocenters. The van der Waals surface area contributed by atoms with Crippen LogP contribution in [0, 0.1) is 5.92 Å². The molecule has 1 atom stereocenters. The molecule has 7 nitrogen and oxygen atoms in total. The van der Waals surface area contributed by atoms with Crippen molar-refractivity contribution in [2.45, 2.75) is 24.4 Å². The minimum Gasteiger partial charge on any atom is -0.378 e. The maximum atomic E-state index is 12.2. The lowest BCUT2D eigenvalue weighted by Crippen LogP contribution is -2.81. The molecule has 4 aliphatic rings. The smallest absolute Gasteiger partial charge is 0.225 e. The number of sulfonamides is 1. The van der Waals surface area contributed by atoms with Crippen LogP contribution in [0.25, 0.3) is 0 Å². The van der Waals surface area contributed by atoms with Crippen molar-refractivity contribution in [2.24, 2.45) is 5.92 Å². The number of likely N-dealkylation sites (tertiary alicyclic amines) is 1. The monoisotopic (exact) mass is 329 g/mol. The molecule has 3 saturated heterocycles. The molecule has 4 fully saturated rings. The van der Waals surface area contributed by atoms with Crippen LogP contribution >= 0.6 is 0 Å². The van der Waals surface area contributed by atoms with Gasteiger partial charge in [0, 0.05) is 44.7 Å². The van der Waals surface area contributed by atoms with E-state index < -0.39 is 10.0 Å². The van der Waals surface area contributed by atoms with Crippen LogP contribution in [0.15, 0.2) is 0 Å². The van der Waals surface area contributed by atoms with Gasteiger partial charge in [-0.15, -0.1) is 0 Å². The molecule has 22 heavy (non-hydrogen) atoms. The molecule has 1 spiro atoms. The molecule has 0 radical (unpaired) electrons. The molecular weight excluding hydrogens is 306 g/mol. The lowest BCUT2D eigenvalue weighted by atomic mass is 9.83.